The molecule has 4 aliphatic rings. The Balaban J connectivity index is 1.71. The third kappa shape index (κ3) is 1.92. The Labute approximate surface area is 133 Å². The van der Waals surface area contributed by atoms with Gasteiger partial charge in [-0.25, -0.2) is 0 Å². The highest BCUT2D eigenvalue weighted by Crippen LogP contribution is 2.63. The Hall–Kier alpha value is -0.890. The number of aliphatic hydroxyl groups excluding tert-OH is 1. The van der Waals surface area contributed by atoms with Crippen LogP contribution in [0.5, 0.6) is 0 Å². The zero-order valence-electron chi connectivity index (χ0n) is 13.6. The molecular formula is C20H28O2. The molecule has 0 aliphatic heterocycles. The molecule has 120 valence electrons. The molecule has 1 N–H and O–H groups in total. The Morgan fingerprint density at radius 2 is 2.14 bits per heavy atom. The van der Waals surface area contributed by atoms with Crippen molar-refractivity contribution in [3.05, 3.63) is 24.3 Å². The van der Waals surface area contributed by atoms with Crippen LogP contribution in [0.15, 0.2) is 24.3 Å². The summed E-state index contributed by atoms with van der Waals surface area (Å²) >= 11 is 0. The minimum atomic E-state index is -0.117. The first-order chi connectivity index (χ1) is 10.5. The van der Waals surface area contributed by atoms with Gasteiger partial charge in [-0.15, -0.1) is 6.58 Å². The summed E-state index contributed by atoms with van der Waals surface area (Å²) in [6.45, 7) is 6.43. The van der Waals surface area contributed by atoms with Gasteiger partial charge in [0.15, 0.2) is 5.78 Å². The van der Waals surface area contributed by atoms with Crippen LogP contribution >= 0.6 is 0 Å². The molecule has 0 spiro atoms. The molecule has 5 unspecified atom stereocenters. The summed E-state index contributed by atoms with van der Waals surface area (Å²) < 4.78 is 0. The first-order valence-electron chi connectivity index (χ1n) is 9.08. The molecule has 0 heterocycles. The maximum absolute atomic E-state index is 11.8. The van der Waals surface area contributed by atoms with Gasteiger partial charge in [0.05, 0.1) is 6.10 Å². The van der Waals surface area contributed by atoms with Crippen LogP contribution in [0.2, 0.25) is 0 Å². The van der Waals surface area contributed by atoms with Gasteiger partial charge in [0.25, 0.3) is 0 Å². The van der Waals surface area contributed by atoms with Gasteiger partial charge >= 0.3 is 0 Å². The lowest BCUT2D eigenvalue weighted by atomic mass is 9.49. The van der Waals surface area contributed by atoms with Gasteiger partial charge < -0.3 is 5.11 Å². The molecule has 2 heteroatoms. The third-order valence-electron chi connectivity index (χ3n) is 7.64. The summed E-state index contributed by atoms with van der Waals surface area (Å²) in [6.07, 6.45) is 11.3. The predicted octanol–water partition coefficient (Wildman–Crippen LogP) is 3.90. The van der Waals surface area contributed by atoms with Gasteiger partial charge in [-0.3, -0.25) is 4.79 Å². The fraction of sp³-hybridized carbons (Fsp3) is 0.750. The van der Waals surface area contributed by atoms with E-state index in [1.807, 2.05) is 6.08 Å². The summed E-state index contributed by atoms with van der Waals surface area (Å²) in [5.74, 6) is 3.46. The van der Waals surface area contributed by atoms with Crippen molar-refractivity contribution in [3.8, 4) is 0 Å². The fourth-order valence-electron chi connectivity index (χ4n) is 6.50. The zero-order chi connectivity index (χ0) is 15.5. The van der Waals surface area contributed by atoms with E-state index in [2.05, 4.69) is 19.6 Å². The first kappa shape index (κ1) is 14.7. The first-order valence-corrected chi connectivity index (χ1v) is 9.08. The van der Waals surface area contributed by atoms with Crippen molar-refractivity contribution in [2.24, 2.45) is 35.0 Å². The van der Waals surface area contributed by atoms with E-state index in [1.165, 1.54) is 18.4 Å². The van der Waals surface area contributed by atoms with E-state index in [9.17, 15) is 9.90 Å². The summed E-state index contributed by atoms with van der Waals surface area (Å²) in [5, 5.41) is 10.5. The molecule has 0 aromatic heterocycles. The number of hydrogen-bond acceptors (Lipinski definition) is 2. The molecule has 0 aromatic carbocycles. The number of carbonyl (C=O) groups is 1. The Morgan fingerprint density at radius 1 is 1.32 bits per heavy atom. The van der Waals surface area contributed by atoms with Crippen molar-refractivity contribution in [1.82, 2.24) is 0 Å². The van der Waals surface area contributed by atoms with Gasteiger partial charge in [-0.1, -0.05) is 18.6 Å². The molecule has 0 aromatic rings. The smallest absolute Gasteiger partial charge is 0.155 e. The SMILES string of the molecule is C=CC1CC2=CC(=O)CCC2C2CC[C@@]3(C)C(CC[C@@H]3O)C12. The number of carbonyl (C=O) groups excluding carboxylic acids is 1. The van der Waals surface area contributed by atoms with Crippen molar-refractivity contribution in [1.29, 1.82) is 0 Å². The number of aliphatic hydroxyl groups is 1. The summed E-state index contributed by atoms with van der Waals surface area (Å²) in [5.41, 5.74) is 1.53. The van der Waals surface area contributed by atoms with Crippen LogP contribution in [-0.4, -0.2) is 17.0 Å². The molecular weight excluding hydrogens is 272 g/mol. The second kappa shape index (κ2) is 5.06. The molecule has 0 radical (unpaired) electrons. The van der Waals surface area contributed by atoms with E-state index in [0.29, 0.717) is 35.4 Å². The highest BCUT2D eigenvalue weighted by molar-refractivity contribution is 5.91. The molecule has 0 bridgehead atoms. The molecule has 2 nitrogen and oxygen atoms in total. The summed E-state index contributed by atoms with van der Waals surface area (Å²) in [6, 6.07) is 0. The standard InChI is InChI=1S/C20H28O2/c1-3-12-10-13-11-14(21)4-5-15(13)16-8-9-20(2)17(19(12)16)6-7-18(20)22/h3,11-12,15-19,22H,1,4-10H2,2H3/t12?,15?,16?,17?,18-,19?,20-/m0/s1. The van der Waals surface area contributed by atoms with E-state index >= 15 is 0 Å². The van der Waals surface area contributed by atoms with Gasteiger partial charge in [-0.2, -0.15) is 0 Å². The third-order valence-corrected chi connectivity index (χ3v) is 7.64. The predicted molar refractivity (Wildman–Crippen MR) is 87.2 cm³/mol. The second-order valence-electron chi connectivity index (χ2n) is 8.42. The number of rotatable bonds is 1. The monoisotopic (exact) mass is 300 g/mol. The molecule has 22 heavy (non-hydrogen) atoms. The summed E-state index contributed by atoms with van der Waals surface area (Å²) in [4.78, 5) is 11.8. The quantitative estimate of drug-likeness (QED) is 0.746. The van der Waals surface area contributed by atoms with E-state index in [4.69, 9.17) is 0 Å². The van der Waals surface area contributed by atoms with Gasteiger partial charge in [-0.05, 0) is 79.6 Å². The van der Waals surface area contributed by atoms with Crippen LogP contribution in [0.4, 0.5) is 0 Å². The van der Waals surface area contributed by atoms with Crippen molar-refractivity contribution >= 4 is 5.78 Å². The van der Waals surface area contributed by atoms with Crippen LogP contribution < -0.4 is 0 Å². The highest BCUT2D eigenvalue weighted by atomic mass is 16.3. The lowest BCUT2D eigenvalue weighted by Gasteiger charge is -2.55. The van der Waals surface area contributed by atoms with Crippen LogP contribution in [0.1, 0.15) is 51.9 Å². The molecule has 3 saturated carbocycles. The normalized spacial score (nSPS) is 50.6. The van der Waals surface area contributed by atoms with Crippen molar-refractivity contribution < 1.29 is 9.90 Å². The van der Waals surface area contributed by atoms with E-state index in [1.54, 1.807) is 0 Å². The second-order valence-corrected chi connectivity index (χ2v) is 8.42. The Bertz CT molecular complexity index is 534. The lowest BCUT2D eigenvalue weighted by Crippen LogP contribution is -2.50. The van der Waals surface area contributed by atoms with Crippen LogP contribution in [0.25, 0.3) is 0 Å². The number of hydrogen-bond donors (Lipinski definition) is 1. The van der Waals surface area contributed by atoms with E-state index < -0.39 is 0 Å². The minimum absolute atomic E-state index is 0.117. The van der Waals surface area contributed by atoms with Crippen LogP contribution in [-0.2, 0) is 4.79 Å². The maximum atomic E-state index is 11.8. The molecule has 0 amide bonds. The Morgan fingerprint density at radius 3 is 2.91 bits per heavy atom. The molecule has 4 aliphatic carbocycles. The van der Waals surface area contributed by atoms with Gasteiger partial charge in [0, 0.05) is 6.42 Å². The molecule has 4 rings (SSSR count). The number of fused-ring (bicyclic) bond motifs is 5. The van der Waals surface area contributed by atoms with Crippen LogP contribution in [0.3, 0.4) is 0 Å². The van der Waals surface area contributed by atoms with Crippen molar-refractivity contribution in [2.75, 3.05) is 0 Å². The highest BCUT2D eigenvalue weighted by Gasteiger charge is 2.57. The largest absolute Gasteiger partial charge is 0.393 e. The Kier molecular flexibility index (Phi) is 3.38. The fourth-order valence-corrected chi connectivity index (χ4v) is 6.50. The molecule has 7 atom stereocenters. The van der Waals surface area contributed by atoms with Crippen molar-refractivity contribution in [3.63, 3.8) is 0 Å². The average Bonchev–Trinajstić information content (AvgIpc) is 2.81. The topological polar surface area (TPSA) is 37.3 Å². The number of allylic oxidation sites excluding steroid dienone is 2. The van der Waals surface area contributed by atoms with Gasteiger partial charge in [0.1, 0.15) is 0 Å². The molecule has 3 fully saturated rings. The maximum Gasteiger partial charge on any atom is 0.155 e. The van der Waals surface area contributed by atoms with Gasteiger partial charge in [0.2, 0.25) is 0 Å². The molecule has 0 saturated heterocycles. The van der Waals surface area contributed by atoms with Crippen molar-refractivity contribution in [2.45, 2.75) is 58.0 Å². The average molecular weight is 300 g/mol. The van der Waals surface area contributed by atoms with Crippen LogP contribution in [0, 0.1) is 35.0 Å². The lowest BCUT2D eigenvalue weighted by molar-refractivity contribution is -0.116. The zero-order valence-corrected chi connectivity index (χ0v) is 13.6. The minimum Gasteiger partial charge on any atom is -0.393 e. The van der Waals surface area contributed by atoms with E-state index in [0.717, 1.165) is 32.1 Å². The van der Waals surface area contributed by atoms with E-state index in [-0.39, 0.29) is 11.5 Å². The summed E-state index contributed by atoms with van der Waals surface area (Å²) in [7, 11) is 0. The number of ketones is 1.